The number of hydrogen-bond acceptors (Lipinski definition) is 6. The number of carbonyl (C=O) groups is 1. The van der Waals surface area contributed by atoms with Crippen LogP contribution in [0.4, 0.5) is 0 Å². The van der Waals surface area contributed by atoms with Gasteiger partial charge in [-0.3, -0.25) is 15.1 Å². The topological polar surface area (TPSA) is 152 Å². The molecule has 0 aliphatic carbocycles. The van der Waals surface area contributed by atoms with Gasteiger partial charge in [-0.2, -0.15) is 8.42 Å². The van der Waals surface area contributed by atoms with Crippen LogP contribution in [0, 0.1) is 0 Å². The maximum Gasteiger partial charge on any atom is 0.339 e. The van der Waals surface area contributed by atoms with Gasteiger partial charge in [-0.25, -0.2) is 4.79 Å². The van der Waals surface area contributed by atoms with Crippen molar-refractivity contribution in [3.05, 3.63) is 23.8 Å². The number of phenols is 1. The average molecular weight is 252 g/mol. The molecule has 9 heteroatoms. The number of aromatic hydroxyl groups is 1. The molecule has 1 aromatic rings. The van der Waals surface area contributed by atoms with Crippen molar-refractivity contribution in [3.63, 3.8) is 0 Å². The second kappa shape index (κ2) is 5.42. The zero-order valence-electron chi connectivity index (χ0n) is 7.60. The monoisotopic (exact) mass is 252 g/mol. The predicted octanol–water partition coefficient (Wildman–Crippen LogP) is 0.354. The molecular formula is C7H8O8S. The third-order valence-electron chi connectivity index (χ3n) is 1.50. The van der Waals surface area contributed by atoms with E-state index in [9.17, 15) is 13.2 Å². The third kappa shape index (κ3) is 3.47. The van der Waals surface area contributed by atoms with Gasteiger partial charge in [0.15, 0.2) is 0 Å². The summed E-state index contributed by atoms with van der Waals surface area (Å²) in [5, 5.41) is 29.5. The number of carboxylic acid groups (broad SMARTS) is 1. The van der Waals surface area contributed by atoms with Crippen molar-refractivity contribution >= 4 is 16.1 Å². The van der Waals surface area contributed by atoms with E-state index in [2.05, 4.69) is 0 Å². The van der Waals surface area contributed by atoms with E-state index in [-0.39, 0.29) is 0 Å². The van der Waals surface area contributed by atoms with Crippen LogP contribution in [0.2, 0.25) is 0 Å². The Balaban J connectivity index is 0.00000106. The third-order valence-corrected chi connectivity index (χ3v) is 2.35. The molecule has 8 nitrogen and oxygen atoms in total. The van der Waals surface area contributed by atoms with Crippen molar-refractivity contribution in [2.24, 2.45) is 0 Å². The minimum atomic E-state index is -4.45. The molecule has 0 spiro atoms. The average Bonchev–Trinajstić information content (AvgIpc) is 2.19. The summed E-state index contributed by atoms with van der Waals surface area (Å²) < 4.78 is 29.8. The van der Waals surface area contributed by atoms with Gasteiger partial charge in [0, 0.05) is 0 Å². The van der Waals surface area contributed by atoms with Crippen LogP contribution in [0.25, 0.3) is 0 Å². The van der Waals surface area contributed by atoms with Gasteiger partial charge in [-0.15, -0.1) is 0 Å². The molecule has 0 amide bonds. The second-order valence-electron chi connectivity index (χ2n) is 2.46. The first-order valence-electron chi connectivity index (χ1n) is 3.56. The van der Waals surface area contributed by atoms with Crippen molar-refractivity contribution in [1.29, 1.82) is 0 Å². The molecule has 0 saturated carbocycles. The number of carboxylic acids is 1. The Kier molecular flexibility index (Phi) is 4.85. The zero-order valence-corrected chi connectivity index (χ0v) is 8.42. The van der Waals surface area contributed by atoms with E-state index < -0.39 is 32.3 Å². The highest BCUT2D eigenvalue weighted by atomic mass is 32.2. The number of hydrogen-bond donors (Lipinski definition) is 5. The molecule has 90 valence electrons. The molecular weight excluding hydrogens is 244 g/mol. The van der Waals surface area contributed by atoms with Crippen molar-refractivity contribution in [3.8, 4) is 5.75 Å². The number of aromatic carboxylic acids is 1. The standard InChI is InChI=1S/C7H6O6S.H2O2/c8-6-2-1-4(14(11,12)13)3-5(6)7(9)10;1-2/h1-3,8H,(H,9,10)(H,11,12,13);1-2H. The molecule has 16 heavy (non-hydrogen) atoms. The van der Waals surface area contributed by atoms with Crippen LogP contribution in [-0.2, 0) is 10.1 Å². The maximum absolute atomic E-state index is 10.6. The highest BCUT2D eigenvalue weighted by molar-refractivity contribution is 7.85. The summed E-state index contributed by atoms with van der Waals surface area (Å²) in [6, 6.07) is 2.46. The van der Waals surface area contributed by atoms with Crippen molar-refractivity contribution in [2.45, 2.75) is 4.90 Å². The summed E-state index contributed by atoms with van der Waals surface area (Å²) >= 11 is 0. The normalized spacial score (nSPS) is 10.2. The molecule has 0 heterocycles. The van der Waals surface area contributed by atoms with E-state index in [1.807, 2.05) is 0 Å². The minimum Gasteiger partial charge on any atom is -0.507 e. The van der Waals surface area contributed by atoms with Crippen LogP contribution in [0.3, 0.4) is 0 Å². The lowest BCUT2D eigenvalue weighted by atomic mass is 10.2. The van der Waals surface area contributed by atoms with Crippen LogP contribution in [-0.4, -0.2) is 39.7 Å². The van der Waals surface area contributed by atoms with E-state index >= 15 is 0 Å². The molecule has 0 aliphatic rings. The van der Waals surface area contributed by atoms with E-state index in [0.29, 0.717) is 6.07 Å². The van der Waals surface area contributed by atoms with Crippen LogP contribution >= 0.6 is 0 Å². The molecule has 0 radical (unpaired) electrons. The Morgan fingerprint density at radius 1 is 1.19 bits per heavy atom. The predicted molar refractivity (Wildman–Crippen MR) is 50.1 cm³/mol. The quantitative estimate of drug-likeness (QED) is 0.287. The summed E-state index contributed by atoms with van der Waals surface area (Å²) in [4.78, 5) is 9.89. The Bertz CT molecular complexity index is 477. The fraction of sp³-hybridized carbons (Fsp3) is 0. The van der Waals surface area contributed by atoms with E-state index in [0.717, 1.165) is 12.1 Å². The number of rotatable bonds is 2. The lowest BCUT2D eigenvalue weighted by Gasteiger charge is -2.01. The summed E-state index contributed by atoms with van der Waals surface area (Å²) in [5.74, 6) is -2.04. The SMILES string of the molecule is O=C(O)c1cc(S(=O)(=O)O)ccc1O.OO. The van der Waals surface area contributed by atoms with Gasteiger partial charge in [-0.05, 0) is 18.2 Å². The molecule has 1 rings (SSSR count). The first-order chi connectivity index (χ1) is 7.32. The molecule has 0 saturated heterocycles. The highest BCUT2D eigenvalue weighted by Crippen LogP contribution is 2.20. The van der Waals surface area contributed by atoms with E-state index in [4.69, 9.17) is 25.3 Å². The maximum atomic E-state index is 10.6. The van der Waals surface area contributed by atoms with Gasteiger partial charge in [-0.1, -0.05) is 0 Å². The van der Waals surface area contributed by atoms with Gasteiger partial charge in [0.25, 0.3) is 10.1 Å². The lowest BCUT2D eigenvalue weighted by molar-refractivity contribution is -0.176. The van der Waals surface area contributed by atoms with E-state index in [1.165, 1.54) is 0 Å². The Morgan fingerprint density at radius 3 is 2.06 bits per heavy atom. The van der Waals surface area contributed by atoms with Crippen LogP contribution in [0.5, 0.6) is 5.75 Å². The Morgan fingerprint density at radius 2 is 1.69 bits per heavy atom. The summed E-state index contributed by atoms with van der Waals surface area (Å²) in [5.41, 5.74) is -0.583. The molecule has 1 aromatic carbocycles. The fourth-order valence-corrected chi connectivity index (χ4v) is 1.35. The van der Waals surface area contributed by atoms with Crippen LogP contribution in [0.15, 0.2) is 23.1 Å². The molecule has 0 aromatic heterocycles. The molecule has 0 bridgehead atoms. The van der Waals surface area contributed by atoms with Gasteiger partial charge >= 0.3 is 5.97 Å². The molecule has 0 unspecified atom stereocenters. The minimum absolute atomic E-state index is 0.565. The summed E-state index contributed by atoms with van der Waals surface area (Å²) in [6.07, 6.45) is 0. The largest absolute Gasteiger partial charge is 0.507 e. The van der Waals surface area contributed by atoms with Crippen LogP contribution in [0.1, 0.15) is 10.4 Å². The van der Waals surface area contributed by atoms with Gasteiger partial charge in [0.1, 0.15) is 11.3 Å². The molecule has 0 atom stereocenters. The Labute approximate surface area is 89.7 Å². The van der Waals surface area contributed by atoms with Gasteiger partial charge < -0.3 is 10.2 Å². The summed E-state index contributed by atoms with van der Waals surface area (Å²) in [7, 11) is -4.45. The Hall–Kier alpha value is -1.68. The van der Waals surface area contributed by atoms with Gasteiger partial charge in [0.05, 0.1) is 4.90 Å². The molecule has 0 aliphatic heterocycles. The summed E-state index contributed by atoms with van der Waals surface area (Å²) in [6.45, 7) is 0. The zero-order chi connectivity index (χ0) is 12.9. The first kappa shape index (κ1) is 14.3. The van der Waals surface area contributed by atoms with Crippen molar-refractivity contribution in [2.75, 3.05) is 0 Å². The fourth-order valence-electron chi connectivity index (χ4n) is 0.847. The smallest absolute Gasteiger partial charge is 0.339 e. The number of benzene rings is 1. The molecule has 0 fully saturated rings. The van der Waals surface area contributed by atoms with Crippen molar-refractivity contribution in [1.82, 2.24) is 0 Å². The van der Waals surface area contributed by atoms with E-state index in [1.54, 1.807) is 0 Å². The molecule has 5 N–H and O–H groups in total. The highest BCUT2D eigenvalue weighted by Gasteiger charge is 2.15. The second-order valence-corrected chi connectivity index (χ2v) is 3.88. The van der Waals surface area contributed by atoms with Crippen LogP contribution < -0.4 is 0 Å². The van der Waals surface area contributed by atoms with Crippen molar-refractivity contribution < 1.29 is 38.5 Å². The van der Waals surface area contributed by atoms with Gasteiger partial charge in [0.2, 0.25) is 0 Å². The first-order valence-corrected chi connectivity index (χ1v) is 5.00. The lowest BCUT2D eigenvalue weighted by Crippen LogP contribution is -2.02.